The number of aromatic amines is 1. The number of rotatable bonds is 18. The van der Waals surface area contributed by atoms with Crippen LogP contribution >= 0.6 is 24.8 Å². The van der Waals surface area contributed by atoms with Crippen LogP contribution in [0.2, 0.25) is 0 Å². The lowest BCUT2D eigenvalue weighted by Crippen LogP contribution is -2.59. The first kappa shape index (κ1) is 63.2. The minimum absolute atomic E-state index is 0. The highest BCUT2D eigenvalue weighted by molar-refractivity contribution is 5.99. The molecule has 0 aliphatic carbocycles. The second-order valence-corrected chi connectivity index (χ2v) is 21.7. The number of likely N-dealkylation sites (tertiary alicyclic amines) is 2. The number of nitrogens with zero attached hydrogens (tertiary/aromatic N) is 5. The average molecular weight is 1080 g/mol. The van der Waals surface area contributed by atoms with E-state index in [2.05, 4.69) is 42.1 Å². The fourth-order valence-electron chi connectivity index (χ4n) is 9.11. The lowest BCUT2D eigenvalue weighted by atomic mass is 9.85. The van der Waals surface area contributed by atoms with Crippen LogP contribution < -0.4 is 31.9 Å². The van der Waals surface area contributed by atoms with Crippen LogP contribution in [-0.4, -0.2) is 167 Å². The Morgan fingerprint density at radius 2 is 0.947 bits per heavy atom. The average Bonchev–Trinajstić information content (AvgIpc) is 4.15. The van der Waals surface area contributed by atoms with Crippen molar-refractivity contribution in [2.24, 2.45) is 10.8 Å². The fraction of sp³-hybridized carbons (Fsp3) is 0.566. The Morgan fingerprint density at radius 1 is 0.587 bits per heavy atom. The van der Waals surface area contributed by atoms with Gasteiger partial charge in [-0.1, -0.05) is 102 Å². The molecule has 20 nitrogen and oxygen atoms in total. The normalized spacial score (nSPS) is 19.9. The summed E-state index contributed by atoms with van der Waals surface area (Å²) in [5.74, 6) is -3.72. The molecule has 22 heteroatoms. The minimum Gasteiger partial charge on any atom is -0.348 e. The number of H-pyrrole nitrogens is 1. The summed E-state index contributed by atoms with van der Waals surface area (Å²) >= 11 is 0. The van der Waals surface area contributed by atoms with Gasteiger partial charge < -0.3 is 51.5 Å². The zero-order valence-corrected chi connectivity index (χ0v) is 47.4. The molecule has 0 bridgehead atoms. The van der Waals surface area contributed by atoms with E-state index in [0.717, 1.165) is 11.1 Å². The number of nitrogens with one attached hydrogen (secondary N) is 7. The maximum Gasteiger partial charge on any atom is 0.274 e. The van der Waals surface area contributed by atoms with Crippen LogP contribution in [0.3, 0.4) is 0 Å². The predicted octanol–water partition coefficient (Wildman–Crippen LogP) is 3.37. The Hall–Kier alpha value is -6.09. The molecule has 2 aliphatic rings. The molecule has 0 saturated carbocycles. The first-order chi connectivity index (χ1) is 34.2. The maximum atomic E-state index is 14.6. The molecular weight excluding hydrogens is 1000 g/mol. The molecule has 3 heterocycles. The Morgan fingerprint density at radius 3 is 1.29 bits per heavy atom. The van der Waals surface area contributed by atoms with Crippen LogP contribution in [0.1, 0.15) is 126 Å². The van der Waals surface area contributed by atoms with Crippen LogP contribution in [0.5, 0.6) is 0 Å². The molecule has 5 rings (SSSR count). The van der Waals surface area contributed by atoms with Gasteiger partial charge >= 0.3 is 0 Å². The van der Waals surface area contributed by atoms with Crippen molar-refractivity contribution in [2.75, 3.05) is 41.3 Å². The summed E-state index contributed by atoms with van der Waals surface area (Å²) in [6.45, 7) is 17.9. The van der Waals surface area contributed by atoms with Crippen molar-refractivity contribution in [3.8, 4) is 0 Å². The van der Waals surface area contributed by atoms with Gasteiger partial charge in [0.15, 0.2) is 5.69 Å². The standard InChI is InChI=1S/C53H78N12O8.2ClH/c1-30(34-21-17-15-18-22-34)56-46(68)40-25-36(28-64(40)50(72)42(52(5,6)7)58-44(66)32(3)54-11)62(13)48(70)38-27-39(61-60-38)49(71)63(14)37-26-41(47(69)57-31(2)35-23-19-16-20-24-35)65(29-37)51(73)43(53(8,9)10)59-45(67)33(4)55-12;;/h15-24,27,30-33,36-37,40-43,54-55H,25-26,28-29H2,1-14H3,(H,56,68)(H,57,69)(H,58,66)(H,59,67)(H,60,61);2*1H/t30-,31-,32+,33+,36+,37+,40+,41+,42-,43-;;/m1../s1. The Balaban J connectivity index is 0.00000741. The van der Waals surface area contributed by atoms with Gasteiger partial charge in [-0.05, 0) is 76.6 Å². The van der Waals surface area contributed by atoms with E-state index in [1.807, 2.05) is 116 Å². The van der Waals surface area contributed by atoms with Gasteiger partial charge in [0.1, 0.15) is 29.9 Å². The number of hydrogen-bond donors (Lipinski definition) is 7. The molecule has 75 heavy (non-hydrogen) atoms. The molecule has 10 atom stereocenters. The zero-order valence-electron chi connectivity index (χ0n) is 45.8. The van der Waals surface area contributed by atoms with Gasteiger partial charge in [-0.2, -0.15) is 5.10 Å². The Kier molecular flexibility index (Phi) is 22.4. The maximum absolute atomic E-state index is 14.6. The second kappa shape index (κ2) is 26.6. The molecule has 2 saturated heterocycles. The summed E-state index contributed by atoms with van der Waals surface area (Å²) in [5, 5.41) is 24.6. The molecule has 8 amide bonds. The monoisotopic (exact) mass is 1080 g/mol. The quantitative estimate of drug-likeness (QED) is 0.0973. The smallest absolute Gasteiger partial charge is 0.274 e. The summed E-state index contributed by atoms with van der Waals surface area (Å²) in [6, 6.07) is 12.7. The number of benzene rings is 2. The van der Waals surface area contributed by atoms with E-state index in [9.17, 15) is 38.4 Å². The molecule has 0 unspecified atom stereocenters. The van der Waals surface area contributed by atoms with E-state index in [1.165, 1.54) is 25.7 Å². The molecule has 1 aromatic heterocycles. The number of likely N-dealkylation sites (N-methyl/N-ethyl adjacent to an activating group) is 4. The Labute approximate surface area is 454 Å². The summed E-state index contributed by atoms with van der Waals surface area (Å²) < 4.78 is 0. The van der Waals surface area contributed by atoms with E-state index < -0.39 is 107 Å². The molecular formula is C53H80Cl2N12O8. The van der Waals surface area contributed by atoms with Crippen molar-refractivity contribution in [1.29, 1.82) is 0 Å². The third kappa shape index (κ3) is 15.3. The van der Waals surface area contributed by atoms with Crippen LogP contribution in [0.25, 0.3) is 0 Å². The summed E-state index contributed by atoms with van der Waals surface area (Å²) in [5.41, 5.74) is 0.0679. The van der Waals surface area contributed by atoms with Crippen LogP contribution in [0.15, 0.2) is 66.7 Å². The first-order valence-electron chi connectivity index (χ1n) is 25.1. The number of halogens is 2. The van der Waals surface area contributed by atoms with Gasteiger partial charge in [-0.25, -0.2) is 0 Å². The number of hydrogen-bond acceptors (Lipinski definition) is 11. The first-order valence-corrected chi connectivity index (χ1v) is 25.1. The molecule has 7 N–H and O–H groups in total. The van der Waals surface area contributed by atoms with Crippen LogP contribution in [0.4, 0.5) is 0 Å². The van der Waals surface area contributed by atoms with Gasteiger partial charge in [0.25, 0.3) is 11.8 Å². The van der Waals surface area contributed by atoms with Gasteiger partial charge in [0.2, 0.25) is 35.4 Å². The molecule has 2 fully saturated rings. The number of carbonyl (C=O) groups is 8. The predicted molar refractivity (Wildman–Crippen MR) is 291 cm³/mol. The second-order valence-electron chi connectivity index (χ2n) is 21.7. The van der Waals surface area contributed by atoms with E-state index in [-0.39, 0.29) is 73.9 Å². The Bertz CT molecular complexity index is 2300. The largest absolute Gasteiger partial charge is 0.348 e. The van der Waals surface area contributed by atoms with Gasteiger partial charge in [-0.15, -0.1) is 24.8 Å². The lowest BCUT2D eigenvalue weighted by molar-refractivity contribution is -0.144. The van der Waals surface area contributed by atoms with E-state index in [0.29, 0.717) is 0 Å². The van der Waals surface area contributed by atoms with Gasteiger partial charge in [0, 0.05) is 33.3 Å². The third-order valence-corrected chi connectivity index (χ3v) is 14.3. The molecule has 3 aromatic rings. The number of aromatic nitrogens is 2. The fourth-order valence-corrected chi connectivity index (χ4v) is 9.11. The van der Waals surface area contributed by atoms with Crippen molar-refractivity contribution in [3.63, 3.8) is 0 Å². The topological polar surface area (TPSA) is 250 Å². The lowest BCUT2D eigenvalue weighted by Gasteiger charge is -2.36. The molecule has 2 aromatic carbocycles. The van der Waals surface area contributed by atoms with Crippen molar-refractivity contribution in [2.45, 2.75) is 142 Å². The van der Waals surface area contributed by atoms with Crippen LogP contribution in [-0.2, 0) is 28.8 Å². The molecule has 2 aliphatic heterocycles. The van der Waals surface area contributed by atoms with E-state index >= 15 is 0 Å². The van der Waals surface area contributed by atoms with Gasteiger partial charge in [0.05, 0.1) is 36.3 Å². The highest BCUT2D eigenvalue weighted by atomic mass is 35.5. The number of amides is 8. The molecule has 0 radical (unpaired) electrons. The van der Waals surface area contributed by atoms with E-state index in [4.69, 9.17) is 0 Å². The SMILES string of the molecule is CN[C@@H](C)C(=O)N[C@H](C(=O)N1C[C@@H](N(C)C(=O)c2cc(C(=O)N(C)[C@H]3C[C@@H](C(=O)N[C@H](C)c4ccccc4)N(C(=O)[C@@H](NC(=O)[C@H](C)NC)C(C)(C)C)C3)[nH]n2)C[C@H]1C(=O)N[C@H](C)c1ccccc1)C(C)(C)C.Cl.Cl. The summed E-state index contributed by atoms with van der Waals surface area (Å²) in [7, 11) is 6.37. The van der Waals surface area contributed by atoms with Crippen molar-refractivity contribution in [1.82, 2.24) is 61.7 Å². The zero-order chi connectivity index (χ0) is 54.3. The third-order valence-electron chi connectivity index (χ3n) is 14.3. The highest BCUT2D eigenvalue weighted by Gasteiger charge is 2.49. The van der Waals surface area contributed by atoms with Crippen molar-refractivity contribution >= 4 is 72.1 Å². The molecule has 414 valence electrons. The van der Waals surface area contributed by atoms with Crippen LogP contribution in [0, 0.1) is 10.8 Å². The van der Waals surface area contributed by atoms with Crippen molar-refractivity contribution in [3.05, 3.63) is 89.2 Å². The summed E-state index contributed by atoms with van der Waals surface area (Å²) in [4.78, 5) is 118. The van der Waals surface area contributed by atoms with Crippen molar-refractivity contribution < 1.29 is 38.4 Å². The minimum atomic E-state index is -1.02. The summed E-state index contributed by atoms with van der Waals surface area (Å²) in [6.07, 6.45) is 0.147. The highest BCUT2D eigenvalue weighted by Crippen LogP contribution is 2.31. The molecule has 0 spiro atoms. The number of carbonyl (C=O) groups excluding carboxylic acids is 8. The van der Waals surface area contributed by atoms with E-state index in [1.54, 1.807) is 42.0 Å². The van der Waals surface area contributed by atoms with Gasteiger partial charge in [-0.3, -0.25) is 43.5 Å².